The first-order chi connectivity index (χ1) is 9.31. The van der Waals surface area contributed by atoms with E-state index in [0.717, 1.165) is 37.9 Å². The lowest BCUT2D eigenvalue weighted by Gasteiger charge is -2.39. The van der Waals surface area contributed by atoms with Crippen LogP contribution in [0.5, 0.6) is 0 Å². The predicted molar refractivity (Wildman–Crippen MR) is 74.0 cm³/mol. The SMILES string of the molecule is NCC1(Cc2nc(N3CCCCCC3)no2)CCC1. The van der Waals surface area contributed by atoms with Crippen LogP contribution in [0.1, 0.15) is 50.8 Å². The van der Waals surface area contributed by atoms with E-state index in [2.05, 4.69) is 15.0 Å². The lowest BCUT2D eigenvalue weighted by atomic mass is 9.67. The molecule has 0 spiro atoms. The van der Waals surface area contributed by atoms with Gasteiger partial charge in [0.15, 0.2) is 0 Å². The Hall–Kier alpha value is -1.10. The van der Waals surface area contributed by atoms with E-state index in [1.54, 1.807) is 0 Å². The fourth-order valence-corrected chi connectivity index (χ4v) is 3.17. The summed E-state index contributed by atoms with van der Waals surface area (Å²) in [6.45, 7) is 2.84. The molecule has 0 atom stereocenters. The van der Waals surface area contributed by atoms with E-state index in [4.69, 9.17) is 10.3 Å². The molecule has 1 aliphatic heterocycles. The summed E-state index contributed by atoms with van der Waals surface area (Å²) < 4.78 is 5.43. The highest BCUT2D eigenvalue weighted by Gasteiger charge is 2.37. The fourth-order valence-electron chi connectivity index (χ4n) is 3.17. The van der Waals surface area contributed by atoms with Gasteiger partial charge in [-0.25, -0.2) is 0 Å². The predicted octanol–water partition coefficient (Wildman–Crippen LogP) is 2.12. The van der Waals surface area contributed by atoms with Crippen LogP contribution in [0.2, 0.25) is 0 Å². The van der Waals surface area contributed by atoms with Gasteiger partial charge >= 0.3 is 0 Å². The topological polar surface area (TPSA) is 68.2 Å². The number of hydrogen-bond acceptors (Lipinski definition) is 5. The smallest absolute Gasteiger partial charge is 0.266 e. The Morgan fingerprint density at radius 1 is 1.11 bits per heavy atom. The van der Waals surface area contributed by atoms with Gasteiger partial charge in [-0.1, -0.05) is 19.3 Å². The minimum Gasteiger partial charge on any atom is -0.338 e. The van der Waals surface area contributed by atoms with Gasteiger partial charge in [0.25, 0.3) is 5.95 Å². The third-order valence-corrected chi connectivity index (χ3v) is 4.72. The number of nitrogens with zero attached hydrogens (tertiary/aromatic N) is 3. The van der Waals surface area contributed by atoms with Crippen LogP contribution in [-0.2, 0) is 6.42 Å². The monoisotopic (exact) mass is 264 g/mol. The zero-order valence-electron chi connectivity index (χ0n) is 11.6. The van der Waals surface area contributed by atoms with E-state index in [1.807, 2.05) is 0 Å². The summed E-state index contributed by atoms with van der Waals surface area (Å²) in [5, 5.41) is 4.16. The van der Waals surface area contributed by atoms with Crippen molar-refractivity contribution in [3.63, 3.8) is 0 Å². The number of nitrogens with two attached hydrogens (primary N) is 1. The highest BCUT2D eigenvalue weighted by Crippen LogP contribution is 2.42. The molecule has 0 aromatic carbocycles. The van der Waals surface area contributed by atoms with Gasteiger partial charge in [0, 0.05) is 19.5 Å². The molecule has 1 saturated heterocycles. The second kappa shape index (κ2) is 5.49. The number of aromatic nitrogens is 2. The van der Waals surface area contributed by atoms with Gasteiger partial charge in [-0.3, -0.25) is 0 Å². The van der Waals surface area contributed by atoms with Crippen LogP contribution in [0, 0.1) is 5.41 Å². The van der Waals surface area contributed by atoms with Crippen LogP contribution in [0.25, 0.3) is 0 Å². The summed E-state index contributed by atoms with van der Waals surface area (Å²) in [5.74, 6) is 1.55. The molecule has 2 heterocycles. The zero-order chi connectivity index (χ0) is 13.1. The summed E-state index contributed by atoms with van der Waals surface area (Å²) in [4.78, 5) is 6.84. The lowest BCUT2D eigenvalue weighted by molar-refractivity contribution is 0.129. The average Bonchev–Trinajstić information content (AvgIpc) is 2.67. The van der Waals surface area contributed by atoms with Crippen molar-refractivity contribution in [2.24, 2.45) is 11.1 Å². The van der Waals surface area contributed by atoms with E-state index >= 15 is 0 Å². The quantitative estimate of drug-likeness (QED) is 0.902. The van der Waals surface area contributed by atoms with Gasteiger partial charge in [0.05, 0.1) is 0 Å². The van der Waals surface area contributed by atoms with Gasteiger partial charge in [0.1, 0.15) is 0 Å². The highest BCUT2D eigenvalue weighted by molar-refractivity contribution is 5.27. The number of anilines is 1. The molecule has 1 aliphatic carbocycles. The second-order valence-corrected chi connectivity index (χ2v) is 6.12. The molecule has 2 N–H and O–H groups in total. The van der Waals surface area contributed by atoms with Crippen molar-refractivity contribution in [3.8, 4) is 0 Å². The minimum atomic E-state index is 0.239. The highest BCUT2D eigenvalue weighted by atomic mass is 16.5. The molecule has 0 radical (unpaired) electrons. The Morgan fingerprint density at radius 3 is 2.42 bits per heavy atom. The molecular formula is C14H24N4O. The standard InChI is InChI=1S/C14H24N4O/c15-11-14(6-5-7-14)10-12-16-13(17-19-12)18-8-3-1-2-4-9-18/h1-11,15H2. The van der Waals surface area contributed by atoms with Gasteiger partial charge in [-0.05, 0) is 42.8 Å². The van der Waals surface area contributed by atoms with Crippen LogP contribution in [0.15, 0.2) is 4.52 Å². The van der Waals surface area contributed by atoms with Crippen molar-refractivity contribution in [3.05, 3.63) is 5.89 Å². The maximum atomic E-state index is 5.89. The Labute approximate surface area is 114 Å². The number of rotatable bonds is 4. The molecule has 0 amide bonds. The molecule has 2 fully saturated rings. The molecule has 1 saturated carbocycles. The molecular weight excluding hydrogens is 240 g/mol. The van der Waals surface area contributed by atoms with E-state index in [1.165, 1.54) is 44.9 Å². The van der Waals surface area contributed by atoms with Crippen molar-refractivity contribution in [2.45, 2.75) is 51.4 Å². The van der Waals surface area contributed by atoms with Crippen LogP contribution in [0.4, 0.5) is 5.95 Å². The van der Waals surface area contributed by atoms with E-state index < -0.39 is 0 Å². The van der Waals surface area contributed by atoms with Crippen LogP contribution in [-0.4, -0.2) is 29.8 Å². The molecule has 19 heavy (non-hydrogen) atoms. The maximum absolute atomic E-state index is 5.89. The van der Waals surface area contributed by atoms with E-state index in [0.29, 0.717) is 0 Å². The molecule has 0 unspecified atom stereocenters. The molecule has 0 bridgehead atoms. The molecule has 1 aromatic rings. The maximum Gasteiger partial charge on any atom is 0.266 e. The molecule has 2 aliphatic rings. The molecule has 3 rings (SSSR count). The Bertz CT molecular complexity index is 400. The summed E-state index contributed by atoms with van der Waals surface area (Å²) in [7, 11) is 0. The van der Waals surface area contributed by atoms with E-state index in [9.17, 15) is 0 Å². The summed E-state index contributed by atoms with van der Waals surface area (Å²) in [6, 6.07) is 0. The van der Waals surface area contributed by atoms with Crippen molar-refractivity contribution in [1.29, 1.82) is 0 Å². The summed E-state index contributed by atoms with van der Waals surface area (Å²) >= 11 is 0. The van der Waals surface area contributed by atoms with Crippen molar-refractivity contribution >= 4 is 5.95 Å². The Morgan fingerprint density at radius 2 is 1.84 bits per heavy atom. The molecule has 1 aromatic heterocycles. The number of hydrogen-bond donors (Lipinski definition) is 1. The first-order valence-corrected chi connectivity index (χ1v) is 7.59. The largest absolute Gasteiger partial charge is 0.338 e. The first kappa shape index (κ1) is 12.9. The minimum absolute atomic E-state index is 0.239. The Balaban J connectivity index is 1.65. The molecule has 106 valence electrons. The normalized spacial score (nSPS) is 22.9. The third kappa shape index (κ3) is 2.76. The molecule has 5 nitrogen and oxygen atoms in total. The van der Waals surface area contributed by atoms with Crippen LogP contribution >= 0.6 is 0 Å². The van der Waals surface area contributed by atoms with Gasteiger partial charge in [-0.2, -0.15) is 4.98 Å². The summed E-state index contributed by atoms with van der Waals surface area (Å²) in [5.41, 5.74) is 6.13. The van der Waals surface area contributed by atoms with Crippen LogP contribution in [0.3, 0.4) is 0 Å². The van der Waals surface area contributed by atoms with E-state index in [-0.39, 0.29) is 5.41 Å². The molecule has 5 heteroatoms. The van der Waals surface area contributed by atoms with Crippen LogP contribution < -0.4 is 10.6 Å². The second-order valence-electron chi connectivity index (χ2n) is 6.12. The third-order valence-electron chi connectivity index (χ3n) is 4.72. The van der Waals surface area contributed by atoms with Gasteiger partial charge in [-0.15, -0.1) is 0 Å². The van der Waals surface area contributed by atoms with Crippen molar-refractivity contribution in [1.82, 2.24) is 10.1 Å². The fraction of sp³-hybridized carbons (Fsp3) is 0.857. The van der Waals surface area contributed by atoms with Crippen molar-refractivity contribution < 1.29 is 4.52 Å². The van der Waals surface area contributed by atoms with Gasteiger partial charge < -0.3 is 15.2 Å². The zero-order valence-corrected chi connectivity index (χ0v) is 11.6. The Kier molecular flexibility index (Phi) is 3.73. The van der Waals surface area contributed by atoms with Crippen molar-refractivity contribution in [2.75, 3.05) is 24.5 Å². The first-order valence-electron chi connectivity index (χ1n) is 7.59. The lowest BCUT2D eigenvalue weighted by Crippen LogP contribution is -2.39. The van der Waals surface area contributed by atoms with Gasteiger partial charge in [0.2, 0.25) is 5.89 Å². The summed E-state index contributed by atoms with van der Waals surface area (Å²) in [6.07, 6.45) is 9.63. The average molecular weight is 264 g/mol.